The Bertz CT molecular complexity index is 792. The Morgan fingerprint density at radius 3 is 2.67 bits per heavy atom. The maximum absolute atomic E-state index is 13.4. The standard InChI is InChI=1S/C15H22FNO5S2/c1-11-8-12(4-5-13(11)16)24(20,21)15-10-23(18,19)9-14(15)17-6-3-7-22-2/h4-5,8,14-15,17H,3,6-7,9-10H2,1-2H3/t14-,15-/m0/s1. The zero-order valence-corrected chi connectivity index (χ0v) is 15.3. The zero-order valence-electron chi connectivity index (χ0n) is 13.7. The molecule has 0 spiro atoms. The van der Waals surface area contributed by atoms with E-state index in [1.165, 1.54) is 19.1 Å². The highest BCUT2D eigenvalue weighted by molar-refractivity contribution is 7.96. The largest absolute Gasteiger partial charge is 0.385 e. The molecule has 1 saturated heterocycles. The summed E-state index contributed by atoms with van der Waals surface area (Å²) in [5.74, 6) is -1.14. The van der Waals surface area contributed by atoms with E-state index < -0.39 is 42.5 Å². The molecule has 2 rings (SSSR count). The van der Waals surface area contributed by atoms with Crippen LogP contribution in [0.1, 0.15) is 12.0 Å². The lowest BCUT2D eigenvalue weighted by molar-refractivity contribution is 0.193. The molecule has 24 heavy (non-hydrogen) atoms. The molecule has 0 aromatic heterocycles. The first-order valence-corrected chi connectivity index (χ1v) is 11.0. The van der Waals surface area contributed by atoms with E-state index in [0.717, 1.165) is 6.07 Å². The van der Waals surface area contributed by atoms with Crippen LogP contribution >= 0.6 is 0 Å². The molecular formula is C15H22FNO5S2. The van der Waals surface area contributed by atoms with Crippen molar-refractivity contribution in [2.75, 3.05) is 31.8 Å². The van der Waals surface area contributed by atoms with E-state index in [-0.39, 0.29) is 16.2 Å². The Morgan fingerprint density at radius 1 is 1.33 bits per heavy atom. The topological polar surface area (TPSA) is 89.5 Å². The smallest absolute Gasteiger partial charge is 0.183 e. The van der Waals surface area contributed by atoms with Crippen LogP contribution in [0.15, 0.2) is 23.1 Å². The van der Waals surface area contributed by atoms with Crippen molar-refractivity contribution in [3.63, 3.8) is 0 Å². The van der Waals surface area contributed by atoms with E-state index >= 15 is 0 Å². The number of hydrogen-bond acceptors (Lipinski definition) is 6. The number of ether oxygens (including phenoxy) is 1. The van der Waals surface area contributed by atoms with Gasteiger partial charge in [-0.15, -0.1) is 0 Å². The minimum atomic E-state index is -3.88. The molecule has 1 aliphatic rings. The molecule has 1 N–H and O–H groups in total. The van der Waals surface area contributed by atoms with Crippen molar-refractivity contribution in [3.8, 4) is 0 Å². The molecular weight excluding hydrogens is 357 g/mol. The van der Waals surface area contributed by atoms with Crippen LogP contribution in [-0.2, 0) is 24.4 Å². The SMILES string of the molecule is COCCCN[C@H]1CS(=O)(=O)C[C@@H]1S(=O)(=O)c1ccc(F)c(C)c1. The number of benzene rings is 1. The molecule has 136 valence electrons. The van der Waals surface area contributed by atoms with Crippen molar-refractivity contribution >= 4 is 19.7 Å². The van der Waals surface area contributed by atoms with Gasteiger partial charge in [0.1, 0.15) is 5.82 Å². The summed E-state index contributed by atoms with van der Waals surface area (Å²) in [5.41, 5.74) is 0.210. The number of aryl methyl sites for hydroxylation is 1. The normalized spacial score (nSPS) is 23.5. The van der Waals surface area contributed by atoms with Crippen molar-refractivity contribution in [3.05, 3.63) is 29.6 Å². The van der Waals surface area contributed by atoms with Crippen LogP contribution in [0.25, 0.3) is 0 Å². The number of methoxy groups -OCH3 is 1. The highest BCUT2D eigenvalue weighted by Crippen LogP contribution is 2.27. The van der Waals surface area contributed by atoms with Gasteiger partial charge in [0.2, 0.25) is 0 Å². The Labute approximate surface area is 142 Å². The van der Waals surface area contributed by atoms with Crippen LogP contribution in [0.2, 0.25) is 0 Å². The Kier molecular flexibility index (Phi) is 6.00. The minimum Gasteiger partial charge on any atom is -0.385 e. The first kappa shape index (κ1) is 19.3. The fraction of sp³-hybridized carbons (Fsp3) is 0.600. The van der Waals surface area contributed by atoms with Gasteiger partial charge in [-0.25, -0.2) is 21.2 Å². The summed E-state index contributed by atoms with van der Waals surface area (Å²) in [6.45, 7) is 2.43. The van der Waals surface area contributed by atoms with Crippen molar-refractivity contribution in [2.45, 2.75) is 29.5 Å². The van der Waals surface area contributed by atoms with Gasteiger partial charge in [-0.1, -0.05) is 0 Å². The van der Waals surface area contributed by atoms with Crippen molar-refractivity contribution < 1.29 is 26.0 Å². The highest BCUT2D eigenvalue weighted by atomic mass is 32.2. The highest BCUT2D eigenvalue weighted by Gasteiger charge is 2.45. The van der Waals surface area contributed by atoms with Gasteiger partial charge < -0.3 is 10.1 Å². The molecule has 1 heterocycles. The average Bonchev–Trinajstić information content (AvgIpc) is 2.82. The molecule has 0 amide bonds. The van der Waals surface area contributed by atoms with Gasteiger partial charge in [-0.3, -0.25) is 0 Å². The second-order valence-electron chi connectivity index (χ2n) is 5.98. The summed E-state index contributed by atoms with van der Waals surface area (Å²) in [7, 11) is -5.76. The molecule has 1 aromatic carbocycles. The van der Waals surface area contributed by atoms with Crippen molar-refractivity contribution in [1.29, 1.82) is 0 Å². The summed E-state index contributed by atoms with van der Waals surface area (Å²) >= 11 is 0. The Hall–Kier alpha value is -1.03. The lowest BCUT2D eigenvalue weighted by Crippen LogP contribution is -2.43. The van der Waals surface area contributed by atoms with Gasteiger partial charge in [0.25, 0.3) is 0 Å². The van der Waals surface area contributed by atoms with Crippen molar-refractivity contribution in [2.24, 2.45) is 0 Å². The Balaban J connectivity index is 2.26. The third-order valence-corrected chi connectivity index (χ3v) is 8.24. The monoisotopic (exact) mass is 379 g/mol. The van der Waals surface area contributed by atoms with E-state index in [1.54, 1.807) is 7.11 Å². The summed E-state index contributed by atoms with van der Waals surface area (Å²) in [6, 6.07) is 2.84. The molecule has 1 fully saturated rings. The summed E-state index contributed by atoms with van der Waals surface area (Å²) in [4.78, 5) is -0.0489. The van der Waals surface area contributed by atoms with Crippen LogP contribution < -0.4 is 5.32 Å². The lowest BCUT2D eigenvalue weighted by Gasteiger charge is -2.20. The molecule has 2 atom stereocenters. The Morgan fingerprint density at radius 2 is 2.04 bits per heavy atom. The van der Waals surface area contributed by atoms with Gasteiger partial charge in [-0.2, -0.15) is 0 Å². The summed E-state index contributed by atoms with van der Waals surface area (Å²) in [5, 5.41) is 1.94. The fourth-order valence-electron chi connectivity index (χ4n) is 2.78. The average molecular weight is 379 g/mol. The fourth-order valence-corrected chi connectivity index (χ4v) is 7.58. The van der Waals surface area contributed by atoms with E-state index in [4.69, 9.17) is 4.74 Å². The number of nitrogens with one attached hydrogen (secondary N) is 1. The predicted molar refractivity (Wildman–Crippen MR) is 89.0 cm³/mol. The number of hydrogen-bond donors (Lipinski definition) is 1. The molecule has 1 aromatic rings. The molecule has 0 aliphatic carbocycles. The maximum Gasteiger partial charge on any atom is 0.183 e. The van der Waals surface area contributed by atoms with Crippen LogP contribution in [0.4, 0.5) is 4.39 Å². The molecule has 0 unspecified atom stereocenters. The first-order chi connectivity index (χ1) is 11.2. The van der Waals surface area contributed by atoms with Gasteiger partial charge in [0.05, 0.1) is 21.7 Å². The van der Waals surface area contributed by atoms with Crippen LogP contribution in [0.3, 0.4) is 0 Å². The van der Waals surface area contributed by atoms with E-state index in [9.17, 15) is 21.2 Å². The number of sulfone groups is 2. The van der Waals surface area contributed by atoms with Crippen LogP contribution in [0, 0.1) is 12.7 Å². The molecule has 0 saturated carbocycles. The van der Waals surface area contributed by atoms with Crippen molar-refractivity contribution in [1.82, 2.24) is 5.32 Å². The summed E-state index contributed by atoms with van der Waals surface area (Å²) < 4.78 is 67.9. The zero-order chi connectivity index (χ0) is 18.0. The molecule has 6 nitrogen and oxygen atoms in total. The third-order valence-electron chi connectivity index (χ3n) is 4.09. The number of rotatable bonds is 7. The quantitative estimate of drug-likeness (QED) is 0.554. The van der Waals surface area contributed by atoms with Crippen LogP contribution in [-0.4, -0.2) is 59.9 Å². The van der Waals surface area contributed by atoms with Crippen LogP contribution in [0.5, 0.6) is 0 Å². The second kappa shape index (κ2) is 7.47. The predicted octanol–water partition coefficient (Wildman–Crippen LogP) is 0.700. The molecule has 1 aliphatic heterocycles. The summed E-state index contributed by atoms with van der Waals surface area (Å²) in [6.07, 6.45) is 0.648. The lowest BCUT2D eigenvalue weighted by atomic mass is 10.2. The van der Waals surface area contributed by atoms with E-state index in [0.29, 0.717) is 19.6 Å². The van der Waals surface area contributed by atoms with Gasteiger partial charge in [0, 0.05) is 19.8 Å². The second-order valence-corrected chi connectivity index (χ2v) is 10.3. The minimum absolute atomic E-state index is 0.0489. The third kappa shape index (κ3) is 4.33. The van der Waals surface area contributed by atoms with Gasteiger partial charge >= 0.3 is 0 Å². The van der Waals surface area contributed by atoms with E-state index in [1.807, 2.05) is 0 Å². The van der Waals surface area contributed by atoms with Gasteiger partial charge in [-0.05, 0) is 43.7 Å². The molecule has 9 heteroatoms. The number of halogens is 1. The first-order valence-electron chi connectivity index (χ1n) is 7.60. The molecule has 0 bridgehead atoms. The maximum atomic E-state index is 13.4. The molecule has 0 radical (unpaired) electrons. The van der Waals surface area contributed by atoms with Gasteiger partial charge in [0.15, 0.2) is 19.7 Å². The van der Waals surface area contributed by atoms with E-state index in [2.05, 4.69) is 5.32 Å².